The van der Waals surface area contributed by atoms with Crippen LogP contribution in [0, 0.1) is 0 Å². The van der Waals surface area contributed by atoms with Crippen molar-refractivity contribution >= 4 is 0 Å². The highest BCUT2D eigenvalue weighted by Crippen LogP contribution is 2.32. The predicted octanol–water partition coefficient (Wildman–Crippen LogP) is 6.19. The Bertz CT molecular complexity index is 1200. The molecule has 2 aromatic carbocycles. The van der Waals surface area contributed by atoms with Crippen molar-refractivity contribution in [3.05, 3.63) is 65.7 Å². The fourth-order valence-electron chi connectivity index (χ4n) is 4.15. The number of tetrazole rings is 1. The van der Waals surface area contributed by atoms with E-state index in [2.05, 4.69) is 37.6 Å². The van der Waals surface area contributed by atoms with E-state index >= 15 is 0 Å². The molecule has 9 heteroatoms. The van der Waals surface area contributed by atoms with Gasteiger partial charge in [0.2, 0.25) is 5.82 Å². The van der Waals surface area contributed by atoms with Crippen LogP contribution in [-0.2, 0) is 18.9 Å². The molecule has 0 saturated heterocycles. The third kappa shape index (κ3) is 5.96. The maximum Gasteiger partial charge on any atom is 0.308 e. The van der Waals surface area contributed by atoms with Gasteiger partial charge in [-0.2, -0.15) is 8.78 Å². The summed E-state index contributed by atoms with van der Waals surface area (Å²) in [5.41, 5.74) is 3.90. The number of nitrogens with zero attached hydrogens (tertiary/aromatic N) is 6. The van der Waals surface area contributed by atoms with Crippen molar-refractivity contribution in [1.29, 1.82) is 0 Å². The summed E-state index contributed by atoms with van der Waals surface area (Å²) in [5, 5.41) is 18.4. The summed E-state index contributed by atoms with van der Waals surface area (Å²) in [6.45, 7) is 4.49. The van der Waals surface area contributed by atoms with Crippen molar-refractivity contribution in [3.63, 3.8) is 0 Å². The number of hydrogen-bond acceptors (Lipinski definition) is 5. The van der Waals surface area contributed by atoms with Crippen molar-refractivity contribution < 1.29 is 8.78 Å². The molecule has 0 bridgehead atoms. The molecule has 4 rings (SSSR count). The van der Waals surface area contributed by atoms with E-state index in [4.69, 9.17) is 0 Å². The van der Waals surface area contributed by atoms with E-state index in [0.717, 1.165) is 47.9 Å². The molecule has 35 heavy (non-hydrogen) atoms. The number of nitrogens with one attached hydrogen (secondary N) is 1. The van der Waals surface area contributed by atoms with Crippen LogP contribution in [0.5, 0.6) is 0 Å². The highest BCUT2D eigenvalue weighted by Gasteiger charge is 2.36. The van der Waals surface area contributed by atoms with Crippen molar-refractivity contribution in [2.75, 3.05) is 0 Å². The van der Waals surface area contributed by atoms with E-state index in [1.807, 2.05) is 48.5 Å². The molecule has 0 spiro atoms. The molecule has 2 aromatic heterocycles. The van der Waals surface area contributed by atoms with Gasteiger partial charge >= 0.3 is 5.92 Å². The molecule has 0 amide bonds. The van der Waals surface area contributed by atoms with Crippen LogP contribution < -0.4 is 0 Å². The fourth-order valence-corrected chi connectivity index (χ4v) is 4.15. The Hall–Kier alpha value is -3.49. The van der Waals surface area contributed by atoms with Gasteiger partial charge in [-0.15, -0.1) is 10.2 Å². The summed E-state index contributed by atoms with van der Waals surface area (Å²) in [5.74, 6) is -2.20. The van der Waals surface area contributed by atoms with Gasteiger partial charge in [0.15, 0.2) is 5.82 Å². The highest BCUT2D eigenvalue weighted by atomic mass is 19.3. The van der Waals surface area contributed by atoms with Crippen molar-refractivity contribution in [2.45, 2.75) is 71.3 Å². The van der Waals surface area contributed by atoms with Crippen molar-refractivity contribution in [1.82, 2.24) is 35.4 Å². The van der Waals surface area contributed by atoms with E-state index in [0.29, 0.717) is 31.0 Å². The molecular weight excluding hydrogens is 448 g/mol. The van der Waals surface area contributed by atoms with Crippen LogP contribution >= 0.6 is 0 Å². The predicted molar refractivity (Wildman–Crippen MR) is 131 cm³/mol. The lowest BCUT2D eigenvalue weighted by molar-refractivity contribution is -0.0232. The number of H-pyrrole nitrogens is 1. The third-order valence-electron chi connectivity index (χ3n) is 6.02. The lowest BCUT2D eigenvalue weighted by atomic mass is 9.98. The van der Waals surface area contributed by atoms with Crippen LogP contribution in [0.15, 0.2) is 48.5 Å². The topological polar surface area (TPSA) is 85.2 Å². The summed E-state index contributed by atoms with van der Waals surface area (Å²) in [4.78, 5) is 4.30. The Morgan fingerprint density at radius 1 is 0.914 bits per heavy atom. The number of benzene rings is 2. The largest absolute Gasteiger partial charge is 0.308 e. The number of hydrogen-bond donors (Lipinski definition) is 1. The molecule has 0 atom stereocenters. The average Bonchev–Trinajstić information content (AvgIpc) is 3.53. The Balaban J connectivity index is 1.57. The summed E-state index contributed by atoms with van der Waals surface area (Å²) < 4.78 is 30.8. The Labute approximate surface area is 204 Å². The van der Waals surface area contributed by atoms with E-state index < -0.39 is 5.92 Å². The number of aromatic amines is 1. The van der Waals surface area contributed by atoms with Gasteiger partial charge in [-0.05, 0) is 40.0 Å². The number of aromatic nitrogens is 7. The molecule has 0 aliphatic heterocycles. The highest BCUT2D eigenvalue weighted by molar-refractivity contribution is 5.80. The number of rotatable bonds is 12. The third-order valence-corrected chi connectivity index (χ3v) is 6.02. The molecule has 0 radical (unpaired) electrons. The van der Waals surface area contributed by atoms with Crippen LogP contribution in [-0.4, -0.2) is 35.4 Å². The minimum absolute atomic E-state index is 0.249. The van der Waals surface area contributed by atoms with Gasteiger partial charge in [0.1, 0.15) is 5.82 Å². The molecule has 2 heterocycles. The maximum absolute atomic E-state index is 14.6. The molecule has 1 N–H and O–H groups in total. The lowest BCUT2D eigenvalue weighted by Crippen LogP contribution is -2.15. The van der Waals surface area contributed by atoms with Gasteiger partial charge in [-0.25, -0.2) is 14.8 Å². The second-order valence-electron chi connectivity index (χ2n) is 8.76. The van der Waals surface area contributed by atoms with Crippen LogP contribution in [0.25, 0.3) is 22.5 Å². The standard InChI is InChI=1S/C26H31F2N7/c1-3-5-6-9-17-35-23(29-25(32-35)26(27,28)16-4-2)18-19-12-14-20(15-13-19)21-10-7-8-11-22(21)24-30-33-34-31-24/h7-8,10-15H,3-6,9,16-18H2,1-2H3,(H,30,31,33,34). The van der Waals surface area contributed by atoms with Gasteiger partial charge < -0.3 is 0 Å². The SMILES string of the molecule is CCCCCCn1nc(C(F)(F)CCC)nc1Cc1ccc(-c2ccccc2-c2nnn[nH]2)cc1. The molecule has 0 saturated carbocycles. The minimum Gasteiger partial charge on any atom is -0.249 e. The second kappa shape index (κ2) is 11.3. The van der Waals surface area contributed by atoms with Gasteiger partial charge in [0.25, 0.3) is 0 Å². The first-order valence-electron chi connectivity index (χ1n) is 12.3. The molecule has 0 fully saturated rings. The normalized spacial score (nSPS) is 11.8. The smallest absolute Gasteiger partial charge is 0.249 e. The van der Waals surface area contributed by atoms with E-state index in [-0.39, 0.29) is 12.2 Å². The van der Waals surface area contributed by atoms with Gasteiger partial charge in [-0.3, -0.25) is 0 Å². The van der Waals surface area contributed by atoms with Crippen LogP contribution in [0.1, 0.15) is 69.6 Å². The minimum atomic E-state index is -3.01. The molecule has 4 aromatic rings. The second-order valence-corrected chi connectivity index (χ2v) is 8.76. The van der Waals surface area contributed by atoms with Crippen LogP contribution in [0.2, 0.25) is 0 Å². The Morgan fingerprint density at radius 2 is 1.69 bits per heavy atom. The molecule has 0 aliphatic rings. The Kier molecular flexibility index (Phi) is 7.94. The quantitative estimate of drug-likeness (QED) is 0.245. The van der Waals surface area contributed by atoms with Crippen LogP contribution in [0.3, 0.4) is 0 Å². The number of halogens is 2. The van der Waals surface area contributed by atoms with E-state index in [1.165, 1.54) is 0 Å². The van der Waals surface area contributed by atoms with Gasteiger partial charge in [0.05, 0.1) is 0 Å². The number of aryl methyl sites for hydroxylation is 1. The van der Waals surface area contributed by atoms with Crippen molar-refractivity contribution in [3.8, 4) is 22.5 Å². The first-order chi connectivity index (χ1) is 17.0. The zero-order chi connectivity index (χ0) is 24.7. The molecule has 0 unspecified atom stereocenters. The monoisotopic (exact) mass is 479 g/mol. The van der Waals surface area contributed by atoms with E-state index in [9.17, 15) is 8.78 Å². The maximum atomic E-state index is 14.6. The van der Waals surface area contributed by atoms with Crippen molar-refractivity contribution in [2.24, 2.45) is 0 Å². The molecular formula is C26H31F2N7. The first-order valence-corrected chi connectivity index (χ1v) is 12.3. The number of alkyl halides is 2. The summed E-state index contributed by atoms with van der Waals surface area (Å²) in [6.07, 6.45) is 4.75. The van der Waals surface area contributed by atoms with Gasteiger partial charge in [-0.1, -0.05) is 81.6 Å². The summed E-state index contributed by atoms with van der Waals surface area (Å²) >= 11 is 0. The Morgan fingerprint density at radius 3 is 2.37 bits per heavy atom. The summed E-state index contributed by atoms with van der Waals surface area (Å²) in [7, 11) is 0. The first kappa shape index (κ1) is 24.6. The summed E-state index contributed by atoms with van der Waals surface area (Å²) in [6, 6.07) is 15.9. The van der Waals surface area contributed by atoms with E-state index in [1.54, 1.807) is 11.6 Å². The lowest BCUT2D eigenvalue weighted by Gasteiger charge is -2.10. The molecule has 0 aliphatic carbocycles. The molecule has 184 valence electrons. The average molecular weight is 480 g/mol. The van der Waals surface area contributed by atoms with Gasteiger partial charge in [0, 0.05) is 24.9 Å². The van der Waals surface area contributed by atoms with Crippen LogP contribution in [0.4, 0.5) is 8.78 Å². The fraction of sp³-hybridized carbons (Fsp3) is 0.423. The zero-order valence-corrected chi connectivity index (χ0v) is 20.2. The number of unbranched alkanes of at least 4 members (excludes halogenated alkanes) is 3. The zero-order valence-electron chi connectivity index (χ0n) is 20.2. The molecule has 7 nitrogen and oxygen atoms in total.